The van der Waals surface area contributed by atoms with Crippen molar-refractivity contribution in [3.05, 3.63) is 69.9 Å². The zero-order chi connectivity index (χ0) is 16.8. The Morgan fingerprint density at radius 3 is 2.52 bits per heavy atom. The van der Waals surface area contributed by atoms with Crippen LogP contribution in [0.2, 0.25) is 0 Å². The van der Waals surface area contributed by atoms with Crippen LogP contribution in [0, 0.1) is 5.82 Å². The van der Waals surface area contributed by atoms with Crippen molar-refractivity contribution < 1.29 is 14.1 Å². The molecule has 1 amide bonds. The molecule has 0 aliphatic carbocycles. The van der Waals surface area contributed by atoms with Crippen molar-refractivity contribution in [1.29, 1.82) is 0 Å². The number of carbonyl (C=O) groups excluding carboxylic acids is 1. The third-order valence-corrected chi connectivity index (χ3v) is 4.35. The van der Waals surface area contributed by atoms with Crippen LogP contribution in [-0.2, 0) is 11.3 Å². The Morgan fingerprint density at radius 2 is 1.87 bits per heavy atom. The van der Waals surface area contributed by atoms with Crippen LogP contribution < -0.4 is 10.2 Å². The van der Waals surface area contributed by atoms with Gasteiger partial charge >= 0.3 is 0 Å². The Balaban J connectivity index is 1.86. The molecule has 122 valence electrons. The van der Waals surface area contributed by atoms with E-state index in [2.05, 4.69) is 21.2 Å². The molecule has 0 aliphatic heterocycles. The van der Waals surface area contributed by atoms with Gasteiger partial charge in [0.1, 0.15) is 12.4 Å². The van der Waals surface area contributed by atoms with E-state index in [1.54, 1.807) is 12.1 Å². The van der Waals surface area contributed by atoms with Gasteiger partial charge in [-0.15, -0.1) is 0 Å². The first-order chi connectivity index (χ1) is 11.0. The summed E-state index contributed by atoms with van der Waals surface area (Å²) >= 11 is 3.50. The molecular weight excluding hydrogens is 359 g/mol. The molecule has 2 aromatic rings. The monoisotopic (exact) mass is 379 g/mol. The lowest BCUT2D eigenvalue weighted by Gasteiger charge is -2.18. The molecule has 3 nitrogen and oxygen atoms in total. The van der Waals surface area contributed by atoms with Gasteiger partial charge in [0.05, 0.1) is 13.1 Å². The normalized spacial score (nSPS) is 13.4. The molecule has 0 aromatic heterocycles. The zero-order valence-corrected chi connectivity index (χ0v) is 14.9. The Labute approximate surface area is 144 Å². The maximum absolute atomic E-state index is 12.9. The third-order valence-electron chi connectivity index (χ3n) is 3.63. The number of amides is 1. The van der Waals surface area contributed by atoms with E-state index in [0.29, 0.717) is 13.1 Å². The minimum Gasteiger partial charge on any atom is -0.345 e. The highest BCUT2D eigenvalue weighted by Gasteiger charge is 2.15. The number of hydrogen-bond donors (Lipinski definition) is 2. The van der Waals surface area contributed by atoms with E-state index >= 15 is 0 Å². The lowest BCUT2D eigenvalue weighted by atomic mass is 10.1. The summed E-state index contributed by atoms with van der Waals surface area (Å²) in [6.45, 7) is 3.01. The topological polar surface area (TPSA) is 33.5 Å². The van der Waals surface area contributed by atoms with Crippen LogP contribution in [0.3, 0.4) is 0 Å². The van der Waals surface area contributed by atoms with Crippen LogP contribution in [0.25, 0.3) is 0 Å². The number of quaternary nitrogens is 1. The van der Waals surface area contributed by atoms with E-state index in [1.165, 1.54) is 12.1 Å². The second-order valence-corrected chi connectivity index (χ2v) is 6.60. The summed E-state index contributed by atoms with van der Waals surface area (Å²) in [4.78, 5) is 13.2. The molecule has 0 saturated heterocycles. The molecule has 0 bridgehead atoms. The molecule has 0 heterocycles. The summed E-state index contributed by atoms with van der Waals surface area (Å²) in [6, 6.07) is 14.2. The lowest BCUT2D eigenvalue weighted by Crippen LogP contribution is -3.08. The Morgan fingerprint density at radius 1 is 1.22 bits per heavy atom. The van der Waals surface area contributed by atoms with Gasteiger partial charge in [0.15, 0.2) is 6.54 Å². The summed E-state index contributed by atoms with van der Waals surface area (Å²) in [5.74, 6) is -0.251. The largest absolute Gasteiger partial charge is 0.345 e. The number of rotatable bonds is 6. The Hall–Kier alpha value is -1.72. The molecular formula is C18H21BrFN2O+. The van der Waals surface area contributed by atoms with Gasteiger partial charge in [-0.05, 0) is 30.7 Å². The number of hydrogen-bond acceptors (Lipinski definition) is 1. The van der Waals surface area contributed by atoms with Crippen molar-refractivity contribution >= 4 is 21.8 Å². The molecule has 0 saturated carbocycles. The van der Waals surface area contributed by atoms with Gasteiger partial charge < -0.3 is 10.2 Å². The van der Waals surface area contributed by atoms with E-state index in [9.17, 15) is 9.18 Å². The molecule has 0 fully saturated rings. The Kier molecular flexibility index (Phi) is 6.30. The smallest absolute Gasteiger partial charge is 0.275 e. The predicted octanol–water partition coefficient (Wildman–Crippen LogP) is 2.48. The lowest BCUT2D eigenvalue weighted by molar-refractivity contribution is -0.885. The van der Waals surface area contributed by atoms with Crippen molar-refractivity contribution in [2.45, 2.75) is 19.5 Å². The molecule has 5 heteroatoms. The van der Waals surface area contributed by atoms with E-state index in [0.717, 1.165) is 20.5 Å². The fourth-order valence-corrected chi connectivity index (χ4v) is 3.11. The standard InChI is InChI=1S/C18H20BrFN2O/c1-13(16-5-3-4-6-17(16)19)21-18(23)12-22(2)11-14-7-9-15(20)10-8-14/h3-10,13H,11-12H2,1-2H3,(H,21,23)/p+1/t13-/m1/s1. The van der Waals surface area contributed by atoms with E-state index < -0.39 is 0 Å². The van der Waals surface area contributed by atoms with Gasteiger partial charge in [-0.2, -0.15) is 0 Å². The van der Waals surface area contributed by atoms with Crippen molar-refractivity contribution in [1.82, 2.24) is 5.32 Å². The van der Waals surface area contributed by atoms with E-state index in [-0.39, 0.29) is 17.8 Å². The zero-order valence-electron chi connectivity index (χ0n) is 13.3. The Bertz CT molecular complexity index is 660. The number of halogens is 2. The molecule has 23 heavy (non-hydrogen) atoms. The first kappa shape index (κ1) is 17.6. The average Bonchev–Trinajstić information content (AvgIpc) is 2.49. The number of likely N-dealkylation sites (N-methyl/N-ethyl adjacent to an activating group) is 1. The third kappa shape index (κ3) is 5.44. The van der Waals surface area contributed by atoms with Gasteiger partial charge in [-0.25, -0.2) is 4.39 Å². The SMILES string of the molecule is C[C@@H](NC(=O)C[NH+](C)Cc1ccc(F)cc1)c1ccccc1Br. The maximum Gasteiger partial charge on any atom is 0.275 e. The van der Waals surface area contributed by atoms with E-state index in [1.807, 2.05) is 38.2 Å². The molecule has 2 rings (SSSR count). The van der Waals surface area contributed by atoms with Crippen LogP contribution >= 0.6 is 15.9 Å². The highest BCUT2D eigenvalue weighted by molar-refractivity contribution is 9.10. The summed E-state index contributed by atoms with van der Waals surface area (Å²) in [7, 11) is 1.95. The number of nitrogens with one attached hydrogen (secondary N) is 2. The van der Waals surface area contributed by atoms with Crippen molar-refractivity contribution in [2.24, 2.45) is 0 Å². The van der Waals surface area contributed by atoms with Crippen LogP contribution in [0.1, 0.15) is 24.1 Å². The minimum atomic E-state index is -0.244. The van der Waals surface area contributed by atoms with Gasteiger partial charge in [-0.3, -0.25) is 4.79 Å². The van der Waals surface area contributed by atoms with Crippen LogP contribution in [-0.4, -0.2) is 19.5 Å². The molecule has 1 unspecified atom stereocenters. The first-order valence-electron chi connectivity index (χ1n) is 7.55. The maximum atomic E-state index is 12.9. The summed E-state index contributed by atoms with van der Waals surface area (Å²) < 4.78 is 13.9. The molecule has 0 spiro atoms. The summed E-state index contributed by atoms with van der Waals surface area (Å²) in [5.41, 5.74) is 2.06. The minimum absolute atomic E-state index is 0.00661. The fourth-order valence-electron chi connectivity index (χ4n) is 2.48. The molecule has 2 aromatic carbocycles. The van der Waals surface area contributed by atoms with Gasteiger partial charge in [0.25, 0.3) is 5.91 Å². The highest BCUT2D eigenvalue weighted by Crippen LogP contribution is 2.22. The van der Waals surface area contributed by atoms with Crippen LogP contribution in [0.4, 0.5) is 4.39 Å². The van der Waals surface area contributed by atoms with Gasteiger partial charge in [0, 0.05) is 10.0 Å². The summed E-state index contributed by atoms with van der Waals surface area (Å²) in [6.07, 6.45) is 0. The first-order valence-corrected chi connectivity index (χ1v) is 8.34. The van der Waals surface area contributed by atoms with E-state index in [4.69, 9.17) is 0 Å². The van der Waals surface area contributed by atoms with Gasteiger partial charge in [0.2, 0.25) is 0 Å². The van der Waals surface area contributed by atoms with Crippen LogP contribution in [0.15, 0.2) is 53.0 Å². The van der Waals surface area contributed by atoms with Crippen molar-refractivity contribution in [2.75, 3.05) is 13.6 Å². The average molecular weight is 380 g/mol. The molecule has 2 atom stereocenters. The highest BCUT2D eigenvalue weighted by atomic mass is 79.9. The van der Waals surface area contributed by atoms with Crippen LogP contribution in [0.5, 0.6) is 0 Å². The van der Waals surface area contributed by atoms with Gasteiger partial charge in [-0.1, -0.05) is 46.3 Å². The summed E-state index contributed by atoms with van der Waals surface area (Å²) in [5, 5.41) is 3.01. The van der Waals surface area contributed by atoms with Crippen molar-refractivity contribution in [3.63, 3.8) is 0 Å². The fraction of sp³-hybridized carbons (Fsp3) is 0.278. The number of carbonyl (C=O) groups is 1. The predicted molar refractivity (Wildman–Crippen MR) is 92.6 cm³/mol. The number of benzene rings is 2. The molecule has 0 aliphatic rings. The quantitative estimate of drug-likeness (QED) is 0.794. The second-order valence-electron chi connectivity index (χ2n) is 5.75. The molecule has 2 N–H and O–H groups in total. The molecule has 0 radical (unpaired) electrons. The second kappa shape index (κ2) is 8.22. The van der Waals surface area contributed by atoms with Crippen molar-refractivity contribution in [3.8, 4) is 0 Å².